The van der Waals surface area contributed by atoms with Gasteiger partial charge in [0.2, 0.25) is 0 Å². The van der Waals surface area contributed by atoms with Gasteiger partial charge in [0.05, 0.1) is 17.7 Å². The van der Waals surface area contributed by atoms with Crippen LogP contribution in [0.3, 0.4) is 0 Å². The number of hydrogen-bond donors (Lipinski definition) is 1. The van der Waals surface area contributed by atoms with E-state index in [0.29, 0.717) is 12.6 Å². The second-order valence-electron chi connectivity index (χ2n) is 4.87. The van der Waals surface area contributed by atoms with E-state index in [1.165, 1.54) is 5.56 Å². The summed E-state index contributed by atoms with van der Waals surface area (Å²) in [5.41, 5.74) is 1.19. The Balaban J connectivity index is 2.09. The average Bonchev–Trinajstić information content (AvgIpc) is 2.82. The summed E-state index contributed by atoms with van der Waals surface area (Å²) in [5.74, 6) is 0.946. The summed E-state index contributed by atoms with van der Waals surface area (Å²) in [6.07, 6.45) is 1.15. The summed E-state index contributed by atoms with van der Waals surface area (Å²) in [7, 11) is 0. The zero-order valence-electron chi connectivity index (χ0n) is 10.9. The summed E-state index contributed by atoms with van der Waals surface area (Å²) in [6, 6.07) is 6.63. The first-order valence-corrected chi connectivity index (χ1v) is 7.21. The highest BCUT2D eigenvalue weighted by atomic mass is 79.9. The average molecular weight is 314 g/mol. The molecule has 1 aliphatic rings. The first-order valence-electron chi connectivity index (χ1n) is 6.42. The molecule has 0 aromatic heterocycles. The van der Waals surface area contributed by atoms with Gasteiger partial charge in [-0.3, -0.25) is 0 Å². The fraction of sp³-hybridized carbons (Fsp3) is 0.571. The molecule has 0 radical (unpaired) electrons. The summed E-state index contributed by atoms with van der Waals surface area (Å²) < 4.78 is 12.4. The molecule has 1 N–H and O–H groups in total. The molecule has 2 rings (SSSR count). The van der Waals surface area contributed by atoms with Gasteiger partial charge in [-0.1, -0.05) is 26.0 Å². The highest BCUT2D eigenvalue weighted by Crippen LogP contribution is 2.31. The second kappa shape index (κ2) is 6.55. The van der Waals surface area contributed by atoms with Gasteiger partial charge in [0.15, 0.2) is 0 Å². The maximum Gasteiger partial charge on any atom is 0.138 e. The molecule has 3 nitrogen and oxygen atoms in total. The van der Waals surface area contributed by atoms with Gasteiger partial charge in [-0.15, -0.1) is 0 Å². The highest BCUT2D eigenvalue weighted by molar-refractivity contribution is 9.10. The lowest BCUT2D eigenvalue weighted by molar-refractivity contribution is 0.140. The fourth-order valence-electron chi connectivity index (χ4n) is 1.91. The van der Waals surface area contributed by atoms with Crippen molar-refractivity contribution >= 4 is 15.9 Å². The van der Waals surface area contributed by atoms with Crippen LogP contribution in [0.25, 0.3) is 0 Å². The van der Waals surface area contributed by atoms with Gasteiger partial charge >= 0.3 is 0 Å². The quantitative estimate of drug-likeness (QED) is 0.906. The van der Waals surface area contributed by atoms with Crippen LogP contribution in [0.1, 0.15) is 25.8 Å². The number of halogens is 1. The monoisotopic (exact) mass is 313 g/mol. The Morgan fingerprint density at radius 2 is 2.33 bits per heavy atom. The normalized spacial score (nSPS) is 19.4. The van der Waals surface area contributed by atoms with Crippen LogP contribution in [0, 0.1) is 0 Å². The molecule has 1 aromatic rings. The minimum absolute atomic E-state index is 0.182. The molecular weight excluding hydrogens is 294 g/mol. The van der Waals surface area contributed by atoms with Crippen molar-refractivity contribution in [2.45, 2.75) is 39.0 Å². The minimum Gasteiger partial charge on any atom is -0.486 e. The van der Waals surface area contributed by atoms with Crippen molar-refractivity contribution in [3.05, 3.63) is 28.2 Å². The van der Waals surface area contributed by atoms with Crippen LogP contribution in [-0.2, 0) is 11.3 Å². The van der Waals surface area contributed by atoms with Gasteiger partial charge in [-0.05, 0) is 22.0 Å². The molecule has 0 saturated carbocycles. The Bertz CT molecular complexity index is 389. The lowest BCUT2D eigenvalue weighted by Gasteiger charge is -2.18. The molecule has 0 spiro atoms. The Morgan fingerprint density at radius 1 is 1.50 bits per heavy atom. The number of para-hydroxylation sites is 1. The molecule has 1 unspecified atom stereocenters. The van der Waals surface area contributed by atoms with Crippen LogP contribution < -0.4 is 10.1 Å². The second-order valence-corrected chi connectivity index (χ2v) is 5.72. The van der Waals surface area contributed by atoms with Crippen molar-refractivity contribution in [3.8, 4) is 5.75 Å². The molecule has 1 aliphatic heterocycles. The number of benzene rings is 1. The topological polar surface area (TPSA) is 30.5 Å². The van der Waals surface area contributed by atoms with Crippen LogP contribution in [-0.4, -0.2) is 25.4 Å². The van der Waals surface area contributed by atoms with Crippen molar-refractivity contribution in [2.24, 2.45) is 0 Å². The lowest BCUT2D eigenvalue weighted by atomic mass is 10.2. The van der Waals surface area contributed by atoms with Crippen molar-refractivity contribution < 1.29 is 9.47 Å². The van der Waals surface area contributed by atoms with Crippen molar-refractivity contribution in [3.63, 3.8) is 0 Å². The molecule has 0 amide bonds. The Labute approximate surface area is 117 Å². The molecule has 100 valence electrons. The molecular formula is C14H20BrNO2. The van der Waals surface area contributed by atoms with Gasteiger partial charge < -0.3 is 14.8 Å². The predicted octanol–water partition coefficient (Wildman–Crippen LogP) is 3.11. The zero-order chi connectivity index (χ0) is 13.0. The Kier molecular flexibility index (Phi) is 5.03. The summed E-state index contributed by atoms with van der Waals surface area (Å²) in [4.78, 5) is 0. The van der Waals surface area contributed by atoms with E-state index >= 15 is 0 Å². The lowest BCUT2D eigenvalue weighted by Crippen LogP contribution is -2.23. The largest absolute Gasteiger partial charge is 0.486 e. The Morgan fingerprint density at radius 3 is 3.00 bits per heavy atom. The third kappa shape index (κ3) is 3.70. The molecule has 1 heterocycles. The summed E-state index contributed by atoms with van der Waals surface area (Å²) in [6.45, 7) is 6.60. The number of ether oxygens (including phenoxy) is 2. The number of nitrogens with one attached hydrogen (secondary N) is 1. The van der Waals surface area contributed by atoms with Crippen LogP contribution in [0.15, 0.2) is 22.7 Å². The van der Waals surface area contributed by atoms with Crippen LogP contribution in [0.4, 0.5) is 0 Å². The first-order chi connectivity index (χ1) is 8.66. The minimum atomic E-state index is 0.182. The number of hydrogen-bond acceptors (Lipinski definition) is 3. The molecule has 1 saturated heterocycles. The van der Waals surface area contributed by atoms with Gasteiger partial charge in [-0.2, -0.15) is 0 Å². The van der Waals surface area contributed by atoms with Gasteiger partial charge in [0, 0.05) is 24.6 Å². The van der Waals surface area contributed by atoms with E-state index in [1.807, 2.05) is 12.1 Å². The van der Waals surface area contributed by atoms with Crippen molar-refractivity contribution in [1.29, 1.82) is 0 Å². The van der Waals surface area contributed by atoms with E-state index in [-0.39, 0.29) is 6.10 Å². The number of rotatable bonds is 5. The predicted molar refractivity (Wildman–Crippen MR) is 76.0 cm³/mol. The van der Waals surface area contributed by atoms with E-state index < -0.39 is 0 Å². The maximum absolute atomic E-state index is 6.06. The first kappa shape index (κ1) is 13.8. The molecule has 18 heavy (non-hydrogen) atoms. The smallest absolute Gasteiger partial charge is 0.138 e. The van der Waals surface area contributed by atoms with Gasteiger partial charge in [0.1, 0.15) is 11.9 Å². The van der Waals surface area contributed by atoms with Gasteiger partial charge in [-0.25, -0.2) is 0 Å². The SMILES string of the molecule is CC(C)NCc1cccc(Br)c1OC1CCOC1. The van der Waals surface area contributed by atoms with Crippen LogP contribution >= 0.6 is 15.9 Å². The van der Waals surface area contributed by atoms with E-state index in [9.17, 15) is 0 Å². The molecule has 1 fully saturated rings. The van der Waals surface area contributed by atoms with Crippen LogP contribution in [0.2, 0.25) is 0 Å². The highest BCUT2D eigenvalue weighted by Gasteiger charge is 2.20. The Hall–Kier alpha value is -0.580. The van der Waals surface area contributed by atoms with E-state index in [2.05, 4.69) is 41.2 Å². The van der Waals surface area contributed by atoms with E-state index in [1.54, 1.807) is 0 Å². The summed E-state index contributed by atoms with van der Waals surface area (Å²) in [5, 5.41) is 3.42. The third-order valence-electron chi connectivity index (χ3n) is 2.92. The molecule has 0 bridgehead atoms. The van der Waals surface area contributed by atoms with E-state index in [4.69, 9.17) is 9.47 Å². The fourth-order valence-corrected chi connectivity index (χ4v) is 2.41. The maximum atomic E-state index is 6.06. The van der Waals surface area contributed by atoms with Crippen LogP contribution in [0.5, 0.6) is 5.75 Å². The van der Waals surface area contributed by atoms with Gasteiger partial charge in [0.25, 0.3) is 0 Å². The van der Waals surface area contributed by atoms with Crippen molar-refractivity contribution in [2.75, 3.05) is 13.2 Å². The van der Waals surface area contributed by atoms with Crippen molar-refractivity contribution in [1.82, 2.24) is 5.32 Å². The standard InChI is InChI=1S/C14H20BrNO2/c1-10(2)16-8-11-4-3-5-13(15)14(11)18-12-6-7-17-9-12/h3-5,10,12,16H,6-9H2,1-2H3. The summed E-state index contributed by atoms with van der Waals surface area (Å²) >= 11 is 3.57. The molecule has 1 aromatic carbocycles. The third-order valence-corrected chi connectivity index (χ3v) is 3.55. The molecule has 4 heteroatoms. The molecule has 1 atom stereocenters. The van der Waals surface area contributed by atoms with E-state index in [0.717, 1.165) is 29.8 Å². The molecule has 0 aliphatic carbocycles. The zero-order valence-corrected chi connectivity index (χ0v) is 12.5.